The fraction of sp³-hybridized carbons (Fsp3) is 0.194. The molecule has 360 valence electrons. The highest BCUT2D eigenvalue weighted by Gasteiger charge is 2.23. The molecule has 4 nitrogen and oxygen atoms in total. The maximum Gasteiger partial charge on any atom is 0.129 e. The fourth-order valence-electron chi connectivity index (χ4n) is 10.4. The van der Waals surface area contributed by atoms with Gasteiger partial charge in [0.05, 0.1) is 22.8 Å². The molecule has 0 atom stereocenters. The Hall–Kier alpha value is -7.23. The molecule has 0 unspecified atom stereocenters. The summed E-state index contributed by atoms with van der Waals surface area (Å²) in [6, 6.07) is 41.9. The van der Waals surface area contributed by atoms with E-state index in [1.165, 1.54) is 53.6 Å². The minimum absolute atomic E-state index is 0.0347. The smallest absolute Gasteiger partial charge is 0.129 e. The molecule has 8 bridgehead atoms. The van der Waals surface area contributed by atoms with E-state index in [0.717, 1.165) is 94.9 Å². The number of nitrogens with zero attached hydrogens (tertiary/aromatic N) is 2. The second-order valence-corrected chi connectivity index (χ2v) is 27.9. The van der Waals surface area contributed by atoms with Gasteiger partial charge in [0.1, 0.15) is 8.07 Å². The van der Waals surface area contributed by atoms with Crippen LogP contribution in [0.3, 0.4) is 0 Å². The first-order valence-electron chi connectivity index (χ1n) is 25.2. The van der Waals surface area contributed by atoms with Gasteiger partial charge in [-0.1, -0.05) is 118 Å². The summed E-state index contributed by atoms with van der Waals surface area (Å²) in [6.45, 7) is 26.8. The lowest BCUT2D eigenvalue weighted by atomic mass is 9.86. The van der Waals surface area contributed by atoms with E-state index in [1.807, 2.05) is 0 Å². The Morgan fingerprint density at radius 1 is 0.425 bits per heavy atom. The first kappa shape index (κ1) is 49.4. The van der Waals surface area contributed by atoms with Crippen molar-refractivity contribution in [2.45, 2.75) is 87.4 Å². The fourth-order valence-corrected chi connectivity index (χ4v) is 11.6. The molecule has 0 radical (unpaired) electrons. The van der Waals surface area contributed by atoms with Crippen molar-refractivity contribution < 1.29 is 0 Å². The normalized spacial score (nSPS) is 12.1. The molecule has 5 heterocycles. The molecule has 0 amide bonds. The third-order valence-electron chi connectivity index (χ3n) is 13.7. The Morgan fingerprint density at radius 2 is 0.808 bits per heavy atom. The Balaban J connectivity index is 1.28. The molecule has 2 N–H and O–H groups in total. The number of halogens is 1. The molecule has 0 saturated heterocycles. The minimum atomic E-state index is -1.57. The molecule has 2 aliphatic rings. The molecular formula is C67H61IN4Si. The van der Waals surface area contributed by atoms with Crippen molar-refractivity contribution in [3.63, 3.8) is 0 Å². The highest BCUT2D eigenvalue weighted by Crippen LogP contribution is 2.41. The zero-order chi connectivity index (χ0) is 51.5. The van der Waals surface area contributed by atoms with E-state index in [1.54, 1.807) is 0 Å². The first-order chi connectivity index (χ1) is 34.8. The number of aromatic nitrogens is 4. The summed E-state index contributed by atoms with van der Waals surface area (Å²) >= 11 is 2.40. The molecule has 0 spiro atoms. The van der Waals surface area contributed by atoms with Gasteiger partial charge in [0.15, 0.2) is 0 Å². The Labute approximate surface area is 446 Å². The lowest BCUT2D eigenvalue weighted by molar-refractivity contribution is 0.589. The summed E-state index contributed by atoms with van der Waals surface area (Å²) in [6.07, 6.45) is 8.69. The lowest BCUT2D eigenvalue weighted by Crippen LogP contribution is -2.16. The van der Waals surface area contributed by atoms with Crippen molar-refractivity contribution in [1.82, 2.24) is 19.9 Å². The topological polar surface area (TPSA) is 57.4 Å². The lowest BCUT2D eigenvalue weighted by Gasteiger charge is -2.19. The third-order valence-corrected chi connectivity index (χ3v) is 15.1. The molecule has 3 aromatic heterocycles. The quantitative estimate of drug-likeness (QED) is 0.105. The summed E-state index contributed by atoms with van der Waals surface area (Å²) in [5, 5.41) is 0. The average molecular weight is 1080 g/mol. The van der Waals surface area contributed by atoms with Crippen molar-refractivity contribution in [2.75, 3.05) is 0 Å². The van der Waals surface area contributed by atoms with Crippen LogP contribution in [-0.4, -0.2) is 28.0 Å². The van der Waals surface area contributed by atoms with Gasteiger partial charge in [-0.15, -0.1) is 5.54 Å². The van der Waals surface area contributed by atoms with Crippen molar-refractivity contribution in [3.05, 3.63) is 197 Å². The van der Waals surface area contributed by atoms with Crippen LogP contribution in [0.2, 0.25) is 19.6 Å². The molecule has 8 aromatic rings. The van der Waals surface area contributed by atoms with E-state index in [-0.39, 0.29) is 5.41 Å². The summed E-state index contributed by atoms with van der Waals surface area (Å²) < 4.78 is 1.19. The molecule has 0 saturated carbocycles. The highest BCUT2D eigenvalue weighted by molar-refractivity contribution is 14.1. The molecular weight excluding hydrogens is 1020 g/mol. The van der Waals surface area contributed by atoms with Gasteiger partial charge in [-0.3, -0.25) is 0 Å². The number of nitrogens with one attached hydrogen (secondary N) is 2. The number of benzene rings is 5. The van der Waals surface area contributed by atoms with Crippen LogP contribution in [0.4, 0.5) is 0 Å². The molecule has 0 fully saturated rings. The van der Waals surface area contributed by atoms with Crippen molar-refractivity contribution in [2.24, 2.45) is 0 Å². The Bertz CT molecular complexity index is 3730. The van der Waals surface area contributed by atoms with Crippen LogP contribution >= 0.6 is 22.6 Å². The molecule has 73 heavy (non-hydrogen) atoms. The molecule has 5 aromatic carbocycles. The van der Waals surface area contributed by atoms with Crippen LogP contribution < -0.4 is 0 Å². The van der Waals surface area contributed by atoms with Crippen LogP contribution in [-0.2, 0) is 5.41 Å². The predicted octanol–water partition coefficient (Wildman–Crippen LogP) is 17.7. The molecule has 6 heteroatoms. The molecule has 0 aliphatic carbocycles. The van der Waals surface area contributed by atoms with Gasteiger partial charge >= 0.3 is 0 Å². The highest BCUT2D eigenvalue weighted by atomic mass is 127. The van der Waals surface area contributed by atoms with Crippen LogP contribution in [0, 0.1) is 68.4 Å². The SMILES string of the molecule is Cc1cc(C)c(-c2c3nc(c(-c4ccc(C#C[Si](C)(C)C)cc4)c4nc(c(-c5c(C)cc(C)cc5C)c5ccc([nH]5)c(-c5ccc(C#Cc6cc(I)cc(C(C)(C)C)c6)cc5)c5ccc2[nH]5)C=C4)C=C3)c(C)c1. The predicted molar refractivity (Wildman–Crippen MR) is 323 cm³/mol. The maximum absolute atomic E-state index is 5.60. The van der Waals surface area contributed by atoms with Gasteiger partial charge in [-0.25, -0.2) is 9.97 Å². The van der Waals surface area contributed by atoms with Gasteiger partial charge in [-0.05, 0) is 211 Å². The van der Waals surface area contributed by atoms with Crippen molar-refractivity contribution in [3.8, 4) is 67.8 Å². The number of aromatic amines is 2. The van der Waals surface area contributed by atoms with E-state index >= 15 is 0 Å². The number of hydrogen-bond donors (Lipinski definition) is 2. The number of H-pyrrole nitrogens is 2. The van der Waals surface area contributed by atoms with Gasteiger partial charge in [-0.2, -0.15) is 0 Å². The second kappa shape index (κ2) is 19.3. The monoisotopic (exact) mass is 1080 g/mol. The van der Waals surface area contributed by atoms with E-state index in [0.29, 0.717) is 0 Å². The summed E-state index contributed by atoms with van der Waals surface area (Å²) in [7, 11) is -1.57. The van der Waals surface area contributed by atoms with Crippen molar-refractivity contribution >= 4 is 77.0 Å². The number of rotatable bonds is 4. The standard InChI is InChI=1S/C67H61IN4Si/c1-40-33-42(3)61(43(4)34-40)65-57-27-23-53(69-57)63(49-19-15-46(16-20-49)13-14-48-37-51(67(7,8)9)39-52(68)38-48)54-24-28-58(70-54)66(62-44(5)35-41(2)36-45(62)6)60-30-26-56(72-60)64(55-25-29-59(65)71-55)50-21-17-47(18-22-50)31-32-73(10,11)12/h15-30,33-39,69-70H,1-12H3. The number of fused-ring (bicyclic) bond motifs is 8. The number of hydrogen-bond acceptors (Lipinski definition) is 2. The van der Waals surface area contributed by atoms with Crippen LogP contribution in [0.15, 0.2) is 115 Å². The van der Waals surface area contributed by atoms with Gasteiger partial charge in [0, 0.05) is 64.6 Å². The maximum atomic E-state index is 5.60. The zero-order valence-electron chi connectivity index (χ0n) is 44.1. The van der Waals surface area contributed by atoms with E-state index in [9.17, 15) is 0 Å². The van der Waals surface area contributed by atoms with Crippen LogP contribution in [0.1, 0.15) is 99.2 Å². The zero-order valence-corrected chi connectivity index (χ0v) is 47.2. The van der Waals surface area contributed by atoms with Crippen LogP contribution in [0.5, 0.6) is 0 Å². The van der Waals surface area contributed by atoms with E-state index < -0.39 is 8.07 Å². The summed E-state index contributed by atoms with van der Waals surface area (Å²) in [4.78, 5) is 19.2. The van der Waals surface area contributed by atoms with Gasteiger partial charge in [0.25, 0.3) is 0 Å². The van der Waals surface area contributed by atoms with Gasteiger partial charge in [0.2, 0.25) is 0 Å². The minimum Gasteiger partial charge on any atom is -0.354 e. The van der Waals surface area contributed by atoms with E-state index in [4.69, 9.17) is 9.97 Å². The molecule has 10 rings (SSSR count). The first-order valence-corrected chi connectivity index (χ1v) is 29.7. The van der Waals surface area contributed by atoms with Crippen LogP contribution in [0.25, 0.3) is 90.9 Å². The van der Waals surface area contributed by atoms with Gasteiger partial charge < -0.3 is 9.97 Å². The Kier molecular flexibility index (Phi) is 13.1. The molecule has 2 aliphatic heterocycles. The average Bonchev–Trinajstić information content (AvgIpc) is 4.17. The summed E-state index contributed by atoms with van der Waals surface area (Å²) in [5.41, 5.74) is 31.1. The summed E-state index contributed by atoms with van der Waals surface area (Å²) in [5.74, 6) is 10.4. The van der Waals surface area contributed by atoms with E-state index in [2.05, 4.69) is 277 Å². The second-order valence-electron chi connectivity index (χ2n) is 21.9. The third kappa shape index (κ3) is 10.3. The largest absolute Gasteiger partial charge is 0.354 e. The number of aryl methyl sites for hydroxylation is 6. The van der Waals surface area contributed by atoms with Crippen molar-refractivity contribution in [1.29, 1.82) is 0 Å². The Morgan fingerprint density at radius 3 is 1.23 bits per heavy atom.